The molecule has 1 aromatic rings. The van der Waals surface area contributed by atoms with Crippen molar-refractivity contribution in [1.29, 1.82) is 0 Å². The normalized spacial score (nSPS) is 22.5. The summed E-state index contributed by atoms with van der Waals surface area (Å²) in [6.45, 7) is 3.83. The number of rotatable bonds is 12. The number of hydrogen-bond donors (Lipinski definition) is 2. The van der Waals surface area contributed by atoms with E-state index in [4.69, 9.17) is 21.1 Å². The Morgan fingerprint density at radius 2 is 2.10 bits per heavy atom. The second kappa shape index (κ2) is 13.6. The fraction of sp³-hybridized carbons (Fsp3) is 0.560. The summed E-state index contributed by atoms with van der Waals surface area (Å²) < 4.78 is 10.7. The molecule has 0 unspecified atom stereocenters. The van der Waals surface area contributed by atoms with Gasteiger partial charge in [0.1, 0.15) is 18.5 Å². The zero-order chi connectivity index (χ0) is 22.6. The molecule has 5 nitrogen and oxygen atoms in total. The van der Waals surface area contributed by atoms with Gasteiger partial charge < -0.3 is 19.7 Å². The molecule has 0 heterocycles. The molecular formula is C25H35ClO5. The molecule has 31 heavy (non-hydrogen) atoms. The number of carbonyl (C=O) groups is 1. The average Bonchev–Trinajstić information content (AvgIpc) is 3.06. The van der Waals surface area contributed by atoms with Crippen LogP contribution in [-0.2, 0) is 9.53 Å². The number of allylic oxidation sites excluding steroid dienone is 2. The standard InChI is InChI=1S/C25H35ClO5/c1-18(2)31-25(29)11-6-4-3-5-8-19-12-15-24(28)23(19)14-13-21(27)17-30-22-10-7-9-20(26)16-22/h3,5,7,9-10,13-14,16,18-19,21,23-24,27-28H,4,6,8,11-12,15,17H2,1-2H3/b5-3-,14-13+/t19-,21+,23+,24+/m0/s1. The van der Waals surface area contributed by atoms with Crippen molar-refractivity contribution in [2.75, 3.05) is 6.61 Å². The third-order valence-electron chi connectivity index (χ3n) is 5.32. The lowest BCUT2D eigenvalue weighted by atomic mass is 9.91. The number of ether oxygens (including phenoxy) is 2. The van der Waals surface area contributed by atoms with Crippen LogP contribution in [-0.4, -0.2) is 41.1 Å². The van der Waals surface area contributed by atoms with Crippen molar-refractivity contribution in [2.45, 2.75) is 70.7 Å². The molecule has 2 rings (SSSR count). The minimum atomic E-state index is -0.756. The van der Waals surface area contributed by atoms with Crippen LogP contribution in [0, 0.1) is 11.8 Å². The van der Waals surface area contributed by atoms with Gasteiger partial charge >= 0.3 is 5.97 Å². The topological polar surface area (TPSA) is 76.0 Å². The fourth-order valence-corrected chi connectivity index (χ4v) is 3.95. The number of hydrogen-bond acceptors (Lipinski definition) is 5. The highest BCUT2D eigenvalue weighted by Crippen LogP contribution is 2.36. The highest BCUT2D eigenvalue weighted by molar-refractivity contribution is 6.30. The molecule has 0 spiro atoms. The Morgan fingerprint density at radius 3 is 2.84 bits per heavy atom. The van der Waals surface area contributed by atoms with E-state index >= 15 is 0 Å². The van der Waals surface area contributed by atoms with E-state index in [2.05, 4.69) is 12.2 Å². The zero-order valence-corrected chi connectivity index (χ0v) is 19.2. The summed E-state index contributed by atoms with van der Waals surface area (Å²) in [5.41, 5.74) is 0. The van der Waals surface area contributed by atoms with Crippen LogP contribution in [0.3, 0.4) is 0 Å². The molecule has 1 aliphatic carbocycles. The van der Waals surface area contributed by atoms with Crippen LogP contribution in [0.1, 0.15) is 52.4 Å². The van der Waals surface area contributed by atoms with Gasteiger partial charge in [0.25, 0.3) is 0 Å². The van der Waals surface area contributed by atoms with Gasteiger partial charge in [-0.2, -0.15) is 0 Å². The highest BCUT2D eigenvalue weighted by Gasteiger charge is 2.32. The summed E-state index contributed by atoms with van der Waals surface area (Å²) in [5, 5.41) is 21.1. The molecule has 0 radical (unpaired) electrons. The Labute approximate surface area is 190 Å². The Balaban J connectivity index is 1.72. The average molecular weight is 451 g/mol. The van der Waals surface area contributed by atoms with Crippen molar-refractivity contribution < 1.29 is 24.5 Å². The van der Waals surface area contributed by atoms with E-state index in [0.717, 1.165) is 32.1 Å². The number of esters is 1. The Hall–Kier alpha value is -1.82. The predicted molar refractivity (Wildman–Crippen MR) is 123 cm³/mol. The monoisotopic (exact) mass is 450 g/mol. The number of unbranched alkanes of at least 4 members (excludes halogenated alkanes) is 1. The molecule has 1 aromatic carbocycles. The third-order valence-corrected chi connectivity index (χ3v) is 5.55. The summed E-state index contributed by atoms with van der Waals surface area (Å²) in [4.78, 5) is 11.5. The summed E-state index contributed by atoms with van der Waals surface area (Å²) in [6.07, 6.45) is 11.3. The maximum atomic E-state index is 11.5. The van der Waals surface area contributed by atoms with Gasteiger partial charge in [0.2, 0.25) is 0 Å². The zero-order valence-electron chi connectivity index (χ0n) is 18.5. The second-order valence-corrected chi connectivity index (χ2v) is 8.78. The SMILES string of the molecule is CC(C)OC(=O)CCC/C=C\C[C@H]1CC[C@@H](O)[C@@H]1/C=C/[C@@H](O)COc1cccc(Cl)c1. The first-order chi connectivity index (χ1) is 14.8. The second-order valence-electron chi connectivity index (χ2n) is 8.34. The highest BCUT2D eigenvalue weighted by atomic mass is 35.5. The van der Waals surface area contributed by atoms with E-state index in [-0.39, 0.29) is 30.7 Å². The maximum Gasteiger partial charge on any atom is 0.306 e. The summed E-state index contributed by atoms with van der Waals surface area (Å²) >= 11 is 5.93. The summed E-state index contributed by atoms with van der Waals surface area (Å²) in [5.74, 6) is 0.827. The van der Waals surface area contributed by atoms with Crippen molar-refractivity contribution >= 4 is 17.6 Å². The van der Waals surface area contributed by atoms with E-state index < -0.39 is 6.10 Å². The van der Waals surface area contributed by atoms with Gasteiger partial charge in [-0.15, -0.1) is 0 Å². The molecule has 1 aliphatic rings. The van der Waals surface area contributed by atoms with Gasteiger partial charge in [0.15, 0.2) is 0 Å². The first-order valence-electron chi connectivity index (χ1n) is 11.1. The van der Waals surface area contributed by atoms with E-state index in [1.165, 1.54) is 0 Å². The third kappa shape index (κ3) is 9.90. The van der Waals surface area contributed by atoms with E-state index in [0.29, 0.717) is 23.1 Å². The maximum absolute atomic E-state index is 11.5. The quantitative estimate of drug-likeness (QED) is 0.263. The fourth-order valence-electron chi connectivity index (χ4n) is 3.77. The smallest absolute Gasteiger partial charge is 0.306 e. The number of aliphatic hydroxyl groups is 2. The van der Waals surface area contributed by atoms with Crippen molar-refractivity contribution in [1.82, 2.24) is 0 Å². The van der Waals surface area contributed by atoms with E-state index in [1.807, 2.05) is 19.9 Å². The number of benzene rings is 1. The minimum absolute atomic E-state index is 0.0199. The van der Waals surface area contributed by atoms with Gasteiger partial charge in [0, 0.05) is 17.4 Å². The van der Waals surface area contributed by atoms with Crippen LogP contribution in [0.2, 0.25) is 5.02 Å². The Bertz CT molecular complexity index is 730. The lowest BCUT2D eigenvalue weighted by Gasteiger charge is -2.18. The molecule has 0 saturated heterocycles. The van der Waals surface area contributed by atoms with Gasteiger partial charge in [-0.05, 0) is 70.1 Å². The van der Waals surface area contributed by atoms with Gasteiger partial charge in [-0.1, -0.05) is 42.0 Å². The van der Waals surface area contributed by atoms with E-state index in [9.17, 15) is 15.0 Å². The molecule has 172 valence electrons. The van der Waals surface area contributed by atoms with Crippen LogP contribution in [0.4, 0.5) is 0 Å². The van der Waals surface area contributed by atoms with Gasteiger partial charge in [-0.25, -0.2) is 0 Å². The molecule has 0 aliphatic heterocycles. The molecule has 4 atom stereocenters. The summed E-state index contributed by atoms with van der Waals surface area (Å²) in [7, 11) is 0. The molecule has 0 bridgehead atoms. The molecular weight excluding hydrogens is 416 g/mol. The van der Waals surface area contributed by atoms with Crippen LogP contribution in [0.25, 0.3) is 0 Å². The van der Waals surface area contributed by atoms with Crippen molar-refractivity contribution in [3.05, 3.63) is 53.6 Å². The van der Waals surface area contributed by atoms with Crippen molar-refractivity contribution in [3.63, 3.8) is 0 Å². The number of halogens is 1. The van der Waals surface area contributed by atoms with Crippen molar-refractivity contribution in [3.8, 4) is 5.75 Å². The molecule has 6 heteroatoms. The van der Waals surface area contributed by atoms with E-state index in [1.54, 1.807) is 30.3 Å². The minimum Gasteiger partial charge on any atom is -0.491 e. The van der Waals surface area contributed by atoms with Crippen LogP contribution >= 0.6 is 11.6 Å². The number of aliphatic hydroxyl groups excluding tert-OH is 2. The molecule has 1 fully saturated rings. The van der Waals surface area contributed by atoms with Crippen LogP contribution in [0.5, 0.6) is 5.75 Å². The first-order valence-corrected chi connectivity index (χ1v) is 11.5. The molecule has 1 saturated carbocycles. The Kier molecular flexibility index (Phi) is 11.1. The van der Waals surface area contributed by atoms with Gasteiger partial charge in [-0.3, -0.25) is 4.79 Å². The lowest BCUT2D eigenvalue weighted by molar-refractivity contribution is -0.147. The lowest BCUT2D eigenvalue weighted by Crippen LogP contribution is -2.19. The predicted octanol–water partition coefficient (Wildman–Crippen LogP) is 5.09. The Morgan fingerprint density at radius 1 is 1.29 bits per heavy atom. The molecule has 0 amide bonds. The molecule has 0 aromatic heterocycles. The van der Waals surface area contributed by atoms with Crippen LogP contribution < -0.4 is 4.74 Å². The first kappa shape index (κ1) is 25.4. The summed E-state index contributed by atoms with van der Waals surface area (Å²) in [6, 6.07) is 7.05. The van der Waals surface area contributed by atoms with Gasteiger partial charge in [0.05, 0.1) is 12.2 Å². The number of carbonyl (C=O) groups excluding carboxylic acids is 1. The van der Waals surface area contributed by atoms with Crippen LogP contribution in [0.15, 0.2) is 48.6 Å². The van der Waals surface area contributed by atoms with Crippen molar-refractivity contribution in [2.24, 2.45) is 11.8 Å². The largest absolute Gasteiger partial charge is 0.491 e. The molecule has 2 N–H and O–H groups in total.